The zero-order chi connectivity index (χ0) is 15.4. The molecular formula is C16H19N3O2S. The van der Waals surface area contributed by atoms with Crippen LogP contribution >= 0.6 is 11.3 Å². The van der Waals surface area contributed by atoms with Gasteiger partial charge in [-0.1, -0.05) is 6.07 Å². The van der Waals surface area contributed by atoms with Gasteiger partial charge in [-0.15, -0.1) is 11.3 Å². The second kappa shape index (κ2) is 6.79. The maximum atomic E-state index is 12.2. The molecule has 0 bridgehead atoms. The van der Waals surface area contributed by atoms with Crippen LogP contribution in [0.25, 0.3) is 0 Å². The predicted molar refractivity (Wildman–Crippen MR) is 85.7 cm³/mol. The molecule has 116 valence electrons. The number of rotatable bonds is 4. The molecule has 3 rings (SSSR count). The number of nitrogens with zero attached hydrogens (tertiary/aromatic N) is 2. The molecule has 0 spiro atoms. The summed E-state index contributed by atoms with van der Waals surface area (Å²) in [5.74, 6) is 0.283. The Bertz CT molecular complexity index is 558. The monoisotopic (exact) mass is 317 g/mol. The number of hydrogen-bond acceptors (Lipinski definition) is 3. The van der Waals surface area contributed by atoms with Crippen LogP contribution in [0.3, 0.4) is 0 Å². The normalized spacial score (nSPS) is 15.1. The number of carbonyl (C=O) groups excluding carboxylic acids is 2. The molecule has 22 heavy (non-hydrogen) atoms. The molecule has 0 radical (unpaired) electrons. The van der Waals surface area contributed by atoms with Crippen LogP contribution in [0, 0.1) is 0 Å². The molecule has 2 amide bonds. The Kier molecular flexibility index (Phi) is 4.58. The number of hydrogen-bond donors (Lipinski definition) is 1. The largest absolute Gasteiger partial charge is 0.367 e. The van der Waals surface area contributed by atoms with E-state index in [0.717, 1.165) is 10.4 Å². The molecule has 0 saturated carbocycles. The molecule has 6 heteroatoms. The van der Waals surface area contributed by atoms with Gasteiger partial charge in [-0.05, 0) is 23.1 Å². The van der Waals surface area contributed by atoms with E-state index in [4.69, 9.17) is 0 Å². The van der Waals surface area contributed by atoms with Crippen LogP contribution in [-0.4, -0.2) is 52.8 Å². The van der Waals surface area contributed by atoms with E-state index in [1.807, 2.05) is 45.8 Å². The first-order chi connectivity index (χ1) is 10.7. The third-order valence-corrected chi connectivity index (χ3v) is 4.78. The Morgan fingerprint density at radius 3 is 2.27 bits per heavy atom. The van der Waals surface area contributed by atoms with Crippen molar-refractivity contribution in [2.45, 2.75) is 12.8 Å². The van der Waals surface area contributed by atoms with Crippen molar-refractivity contribution in [1.29, 1.82) is 0 Å². The summed E-state index contributed by atoms with van der Waals surface area (Å²) < 4.78 is 0. The van der Waals surface area contributed by atoms with E-state index in [1.54, 1.807) is 11.3 Å². The molecule has 2 aromatic heterocycles. The minimum Gasteiger partial charge on any atom is -0.367 e. The Morgan fingerprint density at radius 1 is 1.05 bits per heavy atom. The predicted octanol–water partition coefficient (Wildman–Crippen LogP) is 1.53. The summed E-state index contributed by atoms with van der Waals surface area (Å²) in [5, 5.41) is 1.99. The van der Waals surface area contributed by atoms with E-state index >= 15 is 0 Å². The average molecular weight is 317 g/mol. The first kappa shape index (κ1) is 14.8. The Labute approximate surface area is 133 Å². The fourth-order valence-corrected chi connectivity index (χ4v) is 3.33. The highest BCUT2D eigenvalue weighted by molar-refractivity contribution is 7.10. The minimum atomic E-state index is 0.130. The SMILES string of the molecule is O=C(Cc1cc[nH]c1)N1CCN(C(=O)Cc2cccs2)CC1. The van der Waals surface area contributed by atoms with Crippen molar-refractivity contribution in [1.82, 2.24) is 14.8 Å². The van der Waals surface area contributed by atoms with Gasteiger partial charge >= 0.3 is 0 Å². The molecule has 0 unspecified atom stereocenters. The lowest BCUT2D eigenvalue weighted by molar-refractivity contribution is -0.138. The first-order valence-electron chi connectivity index (χ1n) is 7.42. The van der Waals surface area contributed by atoms with Gasteiger partial charge in [-0.3, -0.25) is 9.59 Å². The van der Waals surface area contributed by atoms with Gasteiger partial charge in [0, 0.05) is 43.4 Å². The molecule has 2 aromatic rings. The topological polar surface area (TPSA) is 56.4 Å². The lowest BCUT2D eigenvalue weighted by Gasteiger charge is -2.34. The highest BCUT2D eigenvalue weighted by atomic mass is 32.1. The van der Waals surface area contributed by atoms with E-state index in [0.29, 0.717) is 39.0 Å². The molecule has 1 fully saturated rings. The highest BCUT2D eigenvalue weighted by Gasteiger charge is 2.24. The van der Waals surface area contributed by atoms with Gasteiger partial charge in [0.2, 0.25) is 11.8 Å². The number of carbonyl (C=O) groups is 2. The van der Waals surface area contributed by atoms with Crippen LogP contribution in [0.1, 0.15) is 10.4 Å². The van der Waals surface area contributed by atoms with Crippen LogP contribution in [0.15, 0.2) is 36.0 Å². The number of aromatic amines is 1. The van der Waals surface area contributed by atoms with Crippen LogP contribution in [0.4, 0.5) is 0 Å². The summed E-state index contributed by atoms with van der Waals surface area (Å²) in [4.78, 5) is 32.2. The molecule has 1 aliphatic rings. The number of nitrogens with one attached hydrogen (secondary N) is 1. The van der Waals surface area contributed by atoms with Crippen LogP contribution in [-0.2, 0) is 22.4 Å². The fourth-order valence-electron chi connectivity index (χ4n) is 2.63. The van der Waals surface area contributed by atoms with Gasteiger partial charge in [0.15, 0.2) is 0 Å². The van der Waals surface area contributed by atoms with Crippen molar-refractivity contribution in [3.05, 3.63) is 46.4 Å². The van der Waals surface area contributed by atoms with Crippen LogP contribution in [0.2, 0.25) is 0 Å². The quantitative estimate of drug-likeness (QED) is 0.930. The van der Waals surface area contributed by atoms with Crippen molar-refractivity contribution in [3.8, 4) is 0 Å². The van der Waals surface area contributed by atoms with Crippen molar-refractivity contribution in [3.63, 3.8) is 0 Å². The lowest BCUT2D eigenvalue weighted by atomic mass is 10.2. The molecule has 3 heterocycles. The number of thiophene rings is 1. The zero-order valence-corrected chi connectivity index (χ0v) is 13.1. The van der Waals surface area contributed by atoms with E-state index in [2.05, 4.69) is 4.98 Å². The third-order valence-electron chi connectivity index (χ3n) is 3.91. The molecule has 5 nitrogen and oxygen atoms in total. The van der Waals surface area contributed by atoms with Gasteiger partial charge in [-0.25, -0.2) is 0 Å². The second-order valence-corrected chi connectivity index (χ2v) is 6.45. The van der Waals surface area contributed by atoms with E-state index in [1.165, 1.54) is 0 Å². The smallest absolute Gasteiger partial charge is 0.227 e. The van der Waals surface area contributed by atoms with Gasteiger partial charge in [-0.2, -0.15) is 0 Å². The first-order valence-corrected chi connectivity index (χ1v) is 8.30. The molecule has 1 N–H and O–H groups in total. The zero-order valence-electron chi connectivity index (χ0n) is 12.3. The van der Waals surface area contributed by atoms with Gasteiger partial charge in [0.25, 0.3) is 0 Å². The summed E-state index contributed by atoms with van der Waals surface area (Å²) in [5.41, 5.74) is 1.00. The maximum absolute atomic E-state index is 12.2. The summed E-state index contributed by atoms with van der Waals surface area (Å²) in [7, 11) is 0. The molecule has 1 saturated heterocycles. The van der Waals surface area contributed by atoms with Crippen molar-refractivity contribution in [2.24, 2.45) is 0 Å². The molecular weight excluding hydrogens is 298 g/mol. The van der Waals surface area contributed by atoms with Crippen LogP contribution in [0.5, 0.6) is 0 Å². The van der Waals surface area contributed by atoms with Gasteiger partial charge in [0.05, 0.1) is 12.8 Å². The Morgan fingerprint density at radius 2 is 1.73 bits per heavy atom. The molecule has 0 atom stereocenters. The lowest BCUT2D eigenvalue weighted by Crippen LogP contribution is -2.51. The summed E-state index contributed by atoms with van der Waals surface area (Å²) >= 11 is 1.61. The molecule has 0 aliphatic carbocycles. The fraction of sp³-hybridized carbons (Fsp3) is 0.375. The summed E-state index contributed by atoms with van der Waals surface area (Å²) in [6.45, 7) is 2.51. The van der Waals surface area contributed by atoms with Gasteiger partial charge < -0.3 is 14.8 Å². The Hall–Kier alpha value is -2.08. The molecule has 0 aromatic carbocycles. The summed E-state index contributed by atoms with van der Waals surface area (Å²) in [6, 6.07) is 5.86. The van der Waals surface area contributed by atoms with Gasteiger partial charge in [0.1, 0.15) is 0 Å². The van der Waals surface area contributed by atoms with E-state index < -0.39 is 0 Å². The van der Waals surface area contributed by atoms with Crippen LogP contribution < -0.4 is 0 Å². The van der Waals surface area contributed by atoms with Crippen molar-refractivity contribution in [2.75, 3.05) is 26.2 Å². The van der Waals surface area contributed by atoms with Crippen molar-refractivity contribution < 1.29 is 9.59 Å². The highest BCUT2D eigenvalue weighted by Crippen LogP contribution is 2.12. The second-order valence-electron chi connectivity index (χ2n) is 5.41. The van der Waals surface area contributed by atoms with E-state index in [9.17, 15) is 9.59 Å². The number of H-pyrrole nitrogens is 1. The average Bonchev–Trinajstić information content (AvgIpc) is 3.21. The molecule has 1 aliphatic heterocycles. The standard InChI is InChI=1S/C16H19N3O2S/c20-15(10-13-3-4-17-12-13)18-5-7-19(8-6-18)16(21)11-14-2-1-9-22-14/h1-4,9,12,17H,5-8,10-11H2. The number of amides is 2. The summed E-state index contributed by atoms with van der Waals surface area (Å²) in [6.07, 6.45) is 4.56. The number of aromatic nitrogens is 1. The minimum absolute atomic E-state index is 0.130. The number of piperazine rings is 1. The maximum Gasteiger partial charge on any atom is 0.227 e. The van der Waals surface area contributed by atoms with Crippen molar-refractivity contribution >= 4 is 23.2 Å². The Balaban J connectivity index is 1.47. The third kappa shape index (κ3) is 3.57. The van der Waals surface area contributed by atoms with E-state index in [-0.39, 0.29) is 11.8 Å².